The van der Waals surface area contributed by atoms with E-state index < -0.39 is 11.8 Å². The summed E-state index contributed by atoms with van der Waals surface area (Å²) >= 11 is 0. The predicted molar refractivity (Wildman–Crippen MR) is 135 cm³/mol. The Morgan fingerprint density at radius 3 is 2.72 bits per heavy atom. The molecule has 0 atom stereocenters. The van der Waals surface area contributed by atoms with Crippen LogP contribution in [0.5, 0.6) is 5.75 Å². The summed E-state index contributed by atoms with van der Waals surface area (Å²) in [6.07, 6.45) is 2.07. The van der Waals surface area contributed by atoms with Gasteiger partial charge in [0.2, 0.25) is 0 Å². The van der Waals surface area contributed by atoms with E-state index in [1.807, 2.05) is 19.9 Å². The number of carbonyl (C=O) groups is 1. The highest BCUT2D eigenvalue weighted by molar-refractivity contribution is 5.90. The molecule has 2 aromatic heterocycles. The van der Waals surface area contributed by atoms with Crippen LogP contribution in [0.1, 0.15) is 35.5 Å². The topological polar surface area (TPSA) is 113 Å². The Hall–Kier alpha value is -4.45. The number of nitrogens with one attached hydrogen (secondary N) is 1. The molecule has 0 radical (unpaired) electrons. The van der Waals surface area contributed by atoms with Crippen molar-refractivity contribution in [2.24, 2.45) is 5.92 Å². The molecule has 0 aliphatic carbocycles. The minimum absolute atomic E-state index is 0.288. The third-order valence-electron chi connectivity index (χ3n) is 5.87. The normalized spacial score (nSPS) is 11.0. The van der Waals surface area contributed by atoms with Crippen LogP contribution in [0.2, 0.25) is 0 Å². The zero-order chi connectivity index (χ0) is 25.8. The fraction of sp³-hybridized carbons (Fsp3) is 0.259. The van der Waals surface area contributed by atoms with Gasteiger partial charge in [-0.15, -0.1) is 0 Å². The highest BCUT2D eigenvalue weighted by atomic mass is 19.1. The Balaban J connectivity index is 1.56. The zero-order valence-corrected chi connectivity index (χ0v) is 20.2. The molecular weight excluding hydrogens is 461 g/mol. The van der Waals surface area contributed by atoms with Gasteiger partial charge < -0.3 is 19.7 Å². The Morgan fingerprint density at radius 1 is 1.22 bits per heavy atom. The van der Waals surface area contributed by atoms with Gasteiger partial charge in [0, 0.05) is 30.1 Å². The van der Waals surface area contributed by atoms with E-state index in [1.54, 1.807) is 34.9 Å². The molecule has 2 heterocycles. The molecule has 36 heavy (non-hydrogen) atoms. The van der Waals surface area contributed by atoms with Gasteiger partial charge in [-0.3, -0.25) is 0 Å². The van der Waals surface area contributed by atoms with E-state index in [2.05, 4.69) is 21.4 Å². The standard InChI is InChI=1S/C27H26FN5O3/c1-16(2)10-18-11-17(4-5-20(18)27(34)35)23-13-25(32-15-31-23)30-8-9-33-19(14-29)12-21-24(36-3)7-6-22(28)26(21)33/h4-7,11-13,15-16H,8-10H2,1-3H3,(H,34,35)(H,30,31,32). The fourth-order valence-electron chi connectivity index (χ4n) is 4.29. The number of nitriles is 1. The van der Waals surface area contributed by atoms with Crippen LogP contribution < -0.4 is 10.1 Å². The molecular formula is C27H26FN5O3. The number of benzene rings is 2. The van der Waals surface area contributed by atoms with Crippen molar-refractivity contribution in [2.45, 2.75) is 26.8 Å². The molecule has 0 saturated carbocycles. The lowest BCUT2D eigenvalue weighted by Gasteiger charge is -2.12. The summed E-state index contributed by atoms with van der Waals surface area (Å²) < 4.78 is 21.6. The first kappa shape index (κ1) is 24.7. The lowest BCUT2D eigenvalue weighted by molar-refractivity contribution is 0.0695. The molecule has 0 fully saturated rings. The Morgan fingerprint density at radius 2 is 2.03 bits per heavy atom. The SMILES string of the molecule is COc1ccc(F)c2c1cc(C#N)n2CCNc1cc(-c2ccc(C(=O)O)c(CC(C)C)c2)ncn1. The van der Waals surface area contributed by atoms with Crippen LogP contribution in [0.4, 0.5) is 10.2 Å². The predicted octanol–water partition coefficient (Wildman–Crippen LogP) is 5.13. The second-order valence-electron chi connectivity index (χ2n) is 8.80. The van der Waals surface area contributed by atoms with Crippen molar-refractivity contribution in [1.29, 1.82) is 5.26 Å². The molecule has 0 unspecified atom stereocenters. The van der Waals surface area contributed by atoms with Crippen LogP contribution in [0.15, 0.2) is 48.8 Å². The lowest BCUT2D eigenvalue weighted by Crippen LogP contribution is -2.13. The second-order valence-corrected chi connectivity index (χ2v) is 8.80. The fourth-order valence-corrected chi connectivity index (χ4v) is 4.29. The van der Waals surface area contributed by atoms with Gasteiger partial charge in [0.05, 0.1) is 23.9 Å². The van der Waals surface area contributed by atoms with Gasteiger partial charge in [0.25, 0.3) is 0 Å². The molecule has 0 aliphatic heterocycles. The molecule has 0 saturated heterocycles. The summed E-state index contributed by atoms with van der Waals surface area (Å²) in [6, 6.07) is 13.6. The van der Waals surface area contributed by atoms with Crippen LogP contribution in [-0.2, 0) is 13.0 Å². The van der Waals surface area contributed by atoms with Crippen LogP contribution in [0.3, 0.4) is 0 Å². The summed E-state index contributed by atoms with van der Waals surface area (Å²) in [6.45, 7) is 4.78. The summed E-state index contributed by atoms with van der Waals surface area (Å²) in [7, 11) is 1.51. The largest absolute Gasteiger partial charge is 0.496 e. The molecule has 184 valence electrons. The summed E-state index contributed by atoms with van der Waals surface area (Å²) in [5.41, 5.74) is 3.12. The molecule has 0 spiro atoms. The first-order chi connectivity index (χ1) is 17.3. The molecule has 0 amide bonds. The van der Waals surface area contributed by atoms with Gasteiger partial charge in [0.1, 0.15) is 35.5 Å². The van der Waals surface area contributed by atoms with Crippen LogP contribution in [-0.4, -0.2) is 39.3 Å². The van der Waals surface area contributed by atoms with Gasteiger partial charge in [-0.25, -0.2) is 19.2 Å². The molecule has 9 heteroatoms. The number of carboxylic acid groups (broad SMARTS) is 1. The van der Waals surface area contributed by atoms with Crippen molar-refractivity contribution in [3.8, 4) is 23.1 Å². The van der Waals surface area contributed by atoms with Crippen molar-refractivity contribution in [2.75, 3.05) is 19.0 Å². The number of rotatable bonds is 9. The highest BCUT2D eigenvalue weighted by Crippen LogP contribution is 2.31. The number of hydrogen-bond acceptors (Lipinski definition) is 6. The van der Waals surface area contributed by atoms with Gasteiger partial charge >= 0.3 is 5.97 Å². The number of aromatic nitrogens is 3. The maximum Gasteiger partial charge on any atom is 0.335 e. The smallest absolute Gasteiger partial charge is 0.335 e. The van der Waals surface area contributed by atoms with E-state index >= 15 is 0 Å². The quantitative estimate of drug-likeness (QED) is 0.337. The van der Waals surface area contributed by atoms with Crippen molar-refractivity contribution in [1.82, 2.24) is 14.5 Å². The third kappa shape index (κ3) is 4.98. The third-order valence-corrected chi connectivity index (χ3v) is 5.87. The summed E-state index contributed by atoms with van der Waals surface area (Å²) in [5.74, 6) is -0.0281. The number of ether oxygens (including phenoxy) is 1. The number of hydrogen-bond donors (Lipinski definition) is 2. The summed E-state index contributed by atoms with van der Waals surface area (Å²) in [5, 5.41) is 22.8. The molecule has 2 N–H and O–H groups in total. The Labute approximate surface area is 208 Å². The van der Waals surface area contributed by atoms with Crippen LogP contribution in [0, 0.1) is 23.1 Å². The number of aromatic carboxylic acids is 1. The molecule has 2 aromatic carbocycles. The average Bonchev–Trinajstić information content (AvgIpc) is 3.23. The summed E-state index contributed by atoms with van der Waals surface area (Å²) in [4.78, 5) is 20.2. The number of fused-ring (bicyclic) bond motifs is 1. The van der Waals surface area contributed by atoms with E-state index in [1.165, 1.54) is 19.5 Å². The lowest BCUT2D eigenvalue weighted by atomic mass is 9.95. The van der Waals surface area contributed by atoms with Crippen molar-refractivity contribution in [3.63, 3.8) is 0 Å². The van der Waals surface area contributed by atoms with Gasteiger partial charge in [-0.2, -0.15) is 5.26 Å². The second kappa shape index (κ2) is 10.4. The Bertz CT molecular complexity index is 1470. The van der Waals surface area contributed by atoms with Crippen LogP contribution >= 0.6 is 0 Å². The van der Waals surface area contributed by atoms with E-state index in [9.17, 15) is 19.6 Å². The molecule has 8 nitrogen and oxygen atoms in total. The first-order valence-electron chi connectivity index (χ1n) is 11.5. The van der Waals surface area contributed by atoms with Gasteiger partial charge in [0.15, 0.2) is 0 Å². The number of halogens is 1. The van der Waals surface area contributed by atoms with E-state index in [0.29, 0.717) is 59.3 Å². The van der Waals surface area contributed by atoms with Crippen molar-refractivity contribution < 1.29 is 19.0 Å². The van der Waals surface area contributed by atoms with E-state index in [0.717, 1.165) is 11.1 Å². The first-order valence-corrected chi connectivity index (χ1v) is 11.5. The highest BCUT2D eigenvalue weighted by Gasteiger charge is 2.17. The zero-order valence-electron chi connectivity index (χ0n) is 20.2. The molecule has 0 aliphatic rings. The maximum atomic E-state index is 14.6. The molecule has 0 bridgehead atoms. The minimum atomic E-state index is -0.953. The van der Waals surface area contributed by atoms with Crippen molar-refractivity contribution in [3.05, 3.63) is 71.4 Å². The molecule has 4 rings (SSSR count). The van der Waals surface area contributed by atoms with Gasteiger partial charge in [-0.1, -0.05) is 19.9 Å². The number of nitrogens with zero attached hydrogens (tertiary/aromatic N) is 4. The number of anilines is 1. The Kier molecular flexibility index (Phi) is 7.15. The van der Waals surface area contributed by atoms with E-state index in [-0.39, 0.29) is 5.56 Å². The van der Waals surface area contributed by atoms with Crippen LogP contribution in [0.25, 0.3) is 22.2 Å². The molecule has 4 aromatic rings. The van der Waals surface area contributed by atoms with E-state index in [4.69, 9.17) is 4.74 Å². The van der Waals surface area contributed by atoms with Gasteiger partial charge in [-0.05, 0) is 48.2 Å². The average molecular weight is 488 g/mol. The maximum absolute atomic E-state index is 14.6. The number of methoxy groups -OCH3 is 1. The number of carboxylic acids is 1. The van der Waals surface area contributed by atoms with Crippen molar-refractivity contribution >= 4 is 22.7 Å². The monoisotopic (exact) mass is 487 g/mol. The minimum Gasteiger partial charge on any atom is -0.496 e.